The number of allylic oxidation sites excluding steroid dienone is 3. The predicted octanol–water partition coefficient (Wildman–Crippen LogP) is 1.98. The molecule has 0 saturated heterocycles. The van der Waals surface area contributed by atoms with Gasteiger partial charge in [-0.05, 0) is 35.4 Å². The molecule has 1 aliphatic rings. The summed E-state index contributed by atoms with van der Waals surface area (Å²) < 4.78 is 4.78. The third-order valence-electron chi connectivity index (χ3n) is 2.40. The van der Waals surface area contributed by atoms with Gasteiger partial charge in [0, 0.05) is 6.08 Å². The normalized spacial score (nSPS) is 19.8. The maximum absolute atomic E-state index is 11.8. The van der Waals surface area contributed by atoms with Crippen molar-refractivity contribution in [2.24, 2.45) is 5.92 Å². The lowest BCUT2D eigenvalue weighted by Gasteiger charge is -2.15. The van der Waals surface area contributed by atoms with E-state index >= 15 is 0 Å². The van der Waals surface area contributed by atoms with Crippen molar-refractivity contribution < 1.29 is 19.1 Å². The summed E-state index contributed by atoms with van der Waals surface area (Å²) in [5.41, 5.74) is 0.858. The number of hydrogen-bond acceptors (Lipinski definition) is 5. The van der Waals surface area contributed by atoms with Crippen molar-refractivity contribution in [1.29, 1.82) is 0 Å². The van der Waals surface area contributed by atoms with Gasteiger partial charge in [-0.2, -0.15) is 11.3 Å². The van der Waals surface area contributed by atoms with Crippen molar-refractivity contribution in [2.45, 2.75) is 6.92 Å². The quantitative estimate of drug-likeness (QED) is 0.475. The zero-order valence-corrected chi connectivity index (χ0v) is 10.4. The van der Waals surface area contributed by atoms with Gasteiger partial charge in [0.2, 0.25) is 0 Å². The lowest BCUT2D eigenvalue weighted by atomic mass is 9.96. The Bertz CT molecular complexity index is 552. The standard InChI is InChI=1S/C13H10O4S/c1-8-6-11(15)12(13(16)17-8)10(14)3-2-9-4-5-18-7-9/h2-7,12H,1H3/b3-2+. The van der Waals surface area contributed by atoms with Crippen molar-refractivity contribution in [3.05, 3.63) is 40.3 Å². The first-order valence-corrected chi connectivity index (χ1v) is 6.20. The Morgan fingerprint density at radius 2 is 2.22 bits per heavy atom. The first-order valence-electron chi connectivity index (χ1n) is 5.26. The summed E-state index contributed by atoms with van der Waals surface area (Å²) in [6.07, 6.45) is 3.98. The number of hydrogen-bond donors (Lipinski definition) is 0. The predicted molar refractivity (Wildman–Crippen MR) is 66.7 cm³/mol. The SMILES string of the molecule is CC1=CC(=O)C(C(=O)/C=C/c2ccsc2)C(=O)O1. The maximum atomic E-state index is 11.8. The van der Waals surface area contributed by atoms with Crippen LogP contribution in [0.2, 0.25) is 0 Å². The number of ketones is 2. The molecule has 0 amide bonds. The van der Waals surface area contributed by atoms with Crippen molar-refractivity contribution in [1.82, 2.24) is 0 Å². The van der Waals surface area contributed by atoms with E-state index < -0.39 is 23.5 Å². The Hall–Kier alpha value is -2.01. The first kappa shape index (κ1) is 12.4. The van der Waals surface area contributed by atoms with Crippen LogP contribution in [-0.2, 0) is 19.1 Å². The van der Waals surface area contributed by atoms with E-state index in [0.29, 0.717) is 0 Å². The van der Waals surface area contributed by atoms with E-state index in [-0.39, 0.29) is 5.76 Å². The minimum absolute atomic E-state index is 0.218. The van der Waals surface area contributed by atoms with E-state index in [1.54, 1.807) is 6.08 Å². The summed E-state index contributed by atoms with van der Waals surface area (Å²) in [6, 6.07) is 1.83. The van der Waals surface area contributed by atoms with Gasteiger partial charge in [0.05, 0.1) is 0 Å². The number of esters is 1. The third kappa shape index (κ3) is 2.62. The van der Waals surface area contributed by atoms with Gasteiger partial charge in [-0.15, -0.1) is 0 Å². The highest BCUT2D eigenvalue weighted by molar-refractivity contribution is 7.08. The van der Waals surface area contributed by atoms with Crippen LogP contribution in [0.15, 0.2) is 34.7 Å². The molecule has 0 bridgehead atoms. The Balaban J connectivity index is 2.14. The number of rotatable bonds is 3. The van der Waals surface area contributed by atoms with E-state index in [9.17, 15) is 14.4 Å². The number of carbonyl (C=O) groups excluding carboxylic acids is 3. The average molecular weight is 262 g/mol. The summed E-state index contributed by atoms with van der Waals surface area (Å²) >= 11 is 1.50. The Kier molecular flexibility index (Phi) is 3.53. The van der Waals surface area contributed by atoms with E-state index in [2.05, 4.69) is 0 Å². The Labute approximate surface area is 108 Å². The smallest absolute Gasteiger partial charge is 0.329 e. The molecule has 2 heterocycles. The molecule has 0 aliphatic carbocycles. The van der Waals surface area contributed by atoms with Gasteiger partial charge in [0.25, 0.3) is 0 Å². The second-order valence-corrected chi connectivity index (χ2v) is 4.58. The largest absolute Gasteiger partial charge is 0.430 e. The summed E-state index contributed by atoms with van der Waals surface area (Å²) in [4.78, 5) is 34.9. The van der Waals surface area contributed by atoms with Crippen LogP contribution in [0.25, 0.3) is 6.08 Å². The van der Waals surface area contributed by atoms with Crippen LogP contribution in [0.3, 0.4) is 0 Å². The Morgan fingerprint density at radius 3 is 2.83 bits per heavy atom. The molecule has 92 valence electrons. The number of ether oxygens (including phenoxy) is 1. The van der Waals surface area contributed by atoms with Gasteiger partial charge >= 0.3 is 5.97 Å². The van der Waals surface area contributed by atoms with Crippen LogP contribution in [0, 0.1) is 5.92 Å². The Morgan fingerprint density at radius 1 is 1.44 bits per heavy atom. The summed E-state index contributed by atoms with van der Waals surface area (Å²) in [5, 5.41) is 3.73. The highest BCUT2D eigenvalue weighted by Crippen LogP contribution is 2.17. The highest BCUT2D eigenvalue weighted by Gasteiger charge is 2.36. The van der Waals surface area contributed by atoms with Gasteiger partial charge in [-0.25, -0.2) is 0 Å². The van der Waals surface area contributed by atoms with Crippen molar-refractivity contribution in [2.75, 3.05) is 0 Å². The van der Waals surface area contributed by atoms with E-state index in [1.807, 2.05) is 16.8 Å². The lowest BCUT2D eigenvalue weighted by Crippen LogP contribution is -2.34. The molecule has 0 aromatic carbocycles. The maximum Gasteiger partial charge on any atom is 0.329 e. The van der Waals surface area contributed by atoms with Crippen LogP contribution in [-0.4, -0.2) is 17.5 Å². The van der Waals surface area contributed by atoms with Crippen LogP contribution in [0.5, 0.6) is 0 Å². The van der Waals surface area contributed by atoms with E-state index in [1.165, 1.54) is 30.4 Å². The number of carbonyl (C=O) groups is 3. The fraction of sp³-hybridized carbons (Fsp3) is 0.154. The van der Waals surface area contributed by atoms with Crippen LogP contribution in [0.4, 0.5) is 0 Å². The van der Waals surface area contributed by atoms with Crippen LogP contribution >= 0.6 is 11.3 Å². The second kappa shape index (κ2) is 5.10. The fourth-order valence-electron chi connectivity index (χ4n) is 1.55. The minimum atomic E-state index is -1.36. The van der Waals surface area contributed by atoms with Gasteiger partial charge in [-0.1, -0.05) is 6.08 Å². The molecule has 0 N–H and O–H groups in total. The van der Waals surface area contributed by atoms with Gasteiger partial charge in [0.1, 0.15) is 5.76 Å². The molecule has 0 saturated carbocycles. The molecule has 1 aliphatic heterocycles. The van der Waals surface area contributed by atoms with Crippen LogP contribution < -0.4 is 0 Å². The molecule has 0 fully saturated rings. The first-order chi connectivity index (χ1) is 8.58. The molecule has 0 spiro atoms. The van der Waals surface area contributed by atoms with Crippen molar-refractivity contribution >= 4 is 34.9 Å². The molecule has 18 heavy (non-hydrogen) atoms. The zero-order valence-electron chi connectivity index (χ0n) is 9.58. The second-order valence-electron chi connectivity index (χ2n) is 3.80. The molecule has 5 heteroatoms. The molecule has 4 nitrogen and oxygen atoms in total. The minimum Gasteiger partial charge on any atom is -0.430 e. The van der Waals surface area contributed by atoms with Crippen molar-refractivity contribution in [3.63, 3.8) is 0 Å². The lowest BCUT2D eigenvalue weighted by molar-refractivity contribution is -0.151. The third-order valence-corrected chi connectivity index (χ3v) is 3.10. The average Bonchev–Trinajstić information content (AvgIpc) is 2.77. The molecule has 1 atom stereocenters. The summed E-state index contributed by atoms with van der Waals surface area (Å²) in [7, 11) is 0. The van der Waals surface area contributed by atoms with Crippen molar-refractivity contribution in [3.8, 4) is 0 Å². The fourth-order valence-corrected chi connectivity index (χ4v) is 2.18. The molecule has 1 aromatic heterocycles. The molecule has 2 rings (SSSR count). The summed E-state index contributed by atoms with van der Waals surface area (Å²) in [6.45, 7) is 1.50. The van der Waals surface area contributed by atoms with Gasteiger partial charge < -0.3 is 4.74 Å². The monoisotopic (exact) mass is 262 g/mol. The zero-order chi connectivity index (χ0) is 13.1. The molecule has 0 radical (unpaired) electrons. The van der Waals surface area contributed by atoms with E-state index in [4.69, 9.17) is 4.74 Å². The molecular formula is C13H10O4S. The number of cyclic esters (lactones) is 1. The van der Waals surface area contributed by atoms with E-state index in [0.717, 1.165) is 5.56 Å². The number of thiophene rings is 1. The molecular weight excluding hydrogens is 252 g/mol. The summed E-state index contributed by atoms with van der Waals surface area (Å²) in [5.74, 6) is -3.02. The highest BCUT2D eigenvalue weighted by atomic mass is 32.1. The van der Waals surface area contributed by atoms with Crippen LogP contribution in [0.1, 0.15) is 12.5 Å². The molecule has 1 unspecified atom stereocenters. The molecule has 1 aromatic rings. The van der Waals surface area contributed by atoms with Gasteiger partial charge in [0.15, 0.2) is 17.5 Å². The topological polar surface area (TPSA) is 60.4 Å². The van der Waals surface area contributed by atoms with Gasteiger partial charge in [-0.3, -0.25) is 14.4 Å².